The summed E-state index contributed by atoms with van der Waals surface area (Å²) in [6.45, 7) is 5.40. The van der Waals surface area contributed by atoms with Crippen LogP contribution < -0.4 is 10.1 Å². The van der Waals surface area contributed by atoms with Crippen molar-refractivity contribution in [2.75, 3.05) is 32.8 Å². The number of hydrogen-bond acceptors (Lipinski definition) is 6. The number of hydrogen-bond donors (Lipinski definition) is 3. The van der Waals surface area contributed by atoms with Crippen LogP contribution in [0.4, 0.5) is 0 Å². The van der Waals surface area contributed by atoms with Gasteiger partial charge in [0.25, 0.3) is 5.91 Å². The molecule has 0 aliphatic carbocycles. The number of fused-ring (bicyclic) bond motifs is 1. The Labute approximate surface area is 203 Å². The summed E-state index contributed by atoms with van der Waals surface area (Å²) in [4.78, 5) is 20.2. The number of phenols is 1. The third-order valence-electron chi connectivity index (χ3n) is 5.98. The molecule has 2 aromatic heterocycles. The summed E-state index contributed by atoms with van der Waals surface area (Å²) in [6, 6.07) is 16.4. The molecule has 8 heteroatoms. The highest BCUT2D eigenvalue weighted by atomic mass is 16.5. The van der Waals surface area contributed by atoms with Crippen molar-refractivity contribution in [3.05, 3.63) is 71.4 Å². The van der Waals surface area contributed by atoms with E-state index in [1.807, 2.05) is 54.3 Å². The molecule has 1 aliphatic heterocycles. The van der Waals surface area contributed by atoms with Gasteiger partial charge in [-0.25, -0.2) is 4.98 Å². The first-order chi connectivity index (χ1) is 17.1. The van der Waals surface area contributed by atoms with E-state index < -0.39 is 0 Å². The number of phenolic OH excluding ortho intramolecular Hbond substituents is 1. The van der Waals surface area contributed by atoms with E-state index in [4.69, 9.17) is 9.72 Å². The van der Waals surface area contributed by atoms with E-state index >= 15 is 0 Å². The Morgan fingerprint density at radius 1 is 1.09 bits per heavy atom. The number of piperazine rings is 1. The van der Waals surface area contributed by atoms with E-state index in [0.29, 0.717) is 42.0 Å². The van der Waals surface area contributed by atoms with Crippen LogP contribution in [-0.4, -0.2) is 63.9 Å². The lowest BCUT2D eigenvalue weighted by atomic mass is 10.0. The maximum absolute atomic E-state index is 13.6. The van der Waals surface area contributed by atoms with Crippen molar-refractivity contribution in [1.29, 1.82) is 0 Å². The SMILES string of the molecule is CCOc1ccc(/C=C/c2[nH]nc3nc(-c4ccc(O)cc4)cc(C(=O)N4CCNCC4)c23)cc1. The summed E-state index contributed by atoms with van der Waals surface area (Å²) < 4.78 is 5.51. The smallest absolute Gasteiger partial charge is 0.254 e. The van der Waals surface area contributed by atoms with Gasteiger partial charge in [-0.1, -0.05) is 18.2 Å². The van der Waals surface area contributed by atoms with E-state index in [1.54, 1.807) is 24.3 Å². The Kier molecular flexibility index (Phi) is 6.45. The standard InChI is InChI=1S/C27H27N5O3/c1-2-35-21-10-3-18(4-11-21)5-12-23-25-22(27(34)32-15-13-28-14-16-32)17-24(29-26(25)31-30-23)19-6-8-20(33)9-7-19/h3-12,17,28,33H,2,13-16H2,1H3,(H,29,30,31)/b12-5+. The van der Waals surface area contributed by atoms with Crippen LogP contribution in [0.5, 0.6) is 11.5 Å². The van der Waals surface area contributed by atoms with E-state index in [1.165, 1.54) is 0 Å². The minimum absolute atomic E-state index is 0.0453. The number of aromatic hydroxyl groups is 1. The first kappa shape index (κ1) is 22.6. The molecule has 3 N–H and O–H groups in total. The van der Waals surface area contributed by atoms with Crippen LogP contribution in [0.2, 0.25) is 0 Å². The molecule has 5 rings (SSSR count). The molecule has 0 saturated carbocycles. The quantitative estimate of drug-likeness (QED) is 0.395. The van der Waals surface area contributed by atoms with Gasteiger partial charge in [-0.2, -0.15) is 5.10 Å². The van der Waals surface area contributed by atoms with Gasteiger partial charge >= 0.3 is 0 Å². The summed E-state index contributed by atoms with van der Waals surface area (Å²) in [5, 5.41) is 21.1. The highest BCUT2D eigenvalue weighted by molar-refractivity contribution is 6.09. The molecule has 1 aliphatic rings. The van der Waals surface area contributed by atoms with Gasteiger partial charge < -0.3 is 20.1 Å². The van der Waals surface area contributed by atoms with Gasteiger partial charge in [0.2, 0.25) is 0 Å². The van der Waals surface area contributed by atoms with Gasteiger partial charge in [-0.15, -0.1) is 0 Å². The minimum Gasteiger partial charge on any atom is -0.508 e. The largest absolute Gasteiger partial charge is 0.508 e. The molecule has 8 nitrogen and oxygen atoms in total. The van der Waals surface area contributed by atoms with Crippen molar-refractivity contribution in [3.8, 4) is 22.8 Å². The van der Waals surface area contributed by atoms with E-state index in [0.717, 1.165) is 35.7 Å². The van der Waals surface area contributed by atoms with Crippen molar-refractivity contribution >= 4 is 29.1 Å². The first-order valence-electron chi connectivity index (χ1n) is 11.7. The predicted octanol–water partition coefficient (Wildman–Crippen LogP) is 3.95. The number of carbonyl (C=O) groups is 1. The molecule has 0 atom stereocenters. The Bertz CT molecular complexity index is 1350. The van der Waals surface area contributed by atoms with Crippen LogP contribution in [0.1, 0.15) is 28.5 Å². The zero-order valence-corrected chi connectivity index (χ0v) is 19.5. The topological polar surface area (TPSA) is 103 Å². The number of ether oxygens (including phenoxy) is 1. The molecule has 4 aromatic rings. The fourth-order valence-electron chi connectivity index (χ4n) is 4.18. The van der Waals surface area contributed by atoms with Crippen LogP contribution in [-0.2, 0) is 0 Å². The molecule has 3 heterocycles. The fourth-order valence-corrected chi connectivity index (χ4v) is 4.18. The minimum atomic E-state index is -0.0453. The number of nitrogens with zero attached hydrogens (tertiary/aromatic N) is 3. The van der Waals surface area contributed by atoms with Gasteiger partial charge in [0.05, 0.1) is 28.9 Å². The van der Waals surface area contributed by atoms with Crippen LogP contribution in [0.15, 0.2) is 54.6 Å². The Balaban J connectivity index is 1.56. The normalized spacial score (nSPS) is 14.0. The second-order valence-electron chi connectivity index (χ2n) is 8.32. The van der Waals surface area contributed by atoms with Gasteiger partial charge in [-0.3, -0.25) is 9.89 Å². The van der Waals surface area contributed by atoms with Crippen LogP contribution in [0.25, 0.3) is 34.4 Å². The maximum atomic E-state index is 13.6. The highest BCUT2D eigenvalue weighted by Gasteiger charge is 2.24. The van der Waals surface area contributed by atoms with E-state index in [2.05, 4.69) is 15.5 Å². The Morgan fingerprint density at radius 3 is 2.54 bits per heavy atom. The number of benzene rings is 2. The molecule has 0 radical (unpaired) electrons. The molecular weight excluding hydrogens is 442 g/mol. The maximum Gasteiger partial charge on any atom is 0.254 e. The number of nitrogens with one attached hydrogen (secondary N) is 2. The monoisotopic (exact) mass is 469 g/mol. The number of rotatable bonds is 6. The zero-order valence-electron chi connectivity index (χ0n) is 19.5. The third kappa shape index (κ3) is 4.88. The van der Waals surface area contributed by atoms with Gasteiger partial charge in [0.15, 0.2) is 5.65 Å². The summed E-state index contributed by atoms with van der Waals surface area (Å²) in [5.41, 5.74) is 4.18. The molecule has 0 bridgehead atoms. The molecule has 1 amide bonds. The Hall–Kier alpha value is -4.17. The highest BCUT2D eigenvalue weighted by Crippen LogP contribution is 2.29. The first-order valence-corrected chi connectivity index (χ1v) is 11.7. The second-order valence-corrected chi connectivity index (χ2v) is 8.32. The van der Waals surface area contributed by atoms with Gasteiger partial charge in [-0.05, 0) is 61.0 Å². The predicted molar refractivity (Wildman–Crippen MR) is 136 cm³/mol. The van der Waals surface area contributed by atoms with Crippen molar-refractivity contribution < 1.29 is 14.6 Å². The van der Waals surface area contributed by atoms with Crippen molar-refractivity contribution in [1.82, 2.24) is 25.4 Å². The number of pyridine rings is 1. The van der Waals surface area contributed by atoms with Crippen molar-refractivity contribution in [2.45, 2.75) is 6.92 Å². The summed E-state index contributed by atoms with van der Waals surface area (Å²) in [6.07, 6.45) is 3.89. The second kappa shape index (κ2) is 9.99. The third-order valence-corrected chi connectivity index (χ3v) is 5.98. The molecule has 1 fully saturated rings. The lowest BCUT2D eigenvalue weighted by Gasteiger charge is -2.27. The molecule has 35 heavy (non-hydrogen) atoms. The molecule has 0 spiro atoms. The van der Waals surface area contributed by atoms with E-state index in [9.17, 15) is 9.90 Å². The Morgan fingerprint density at radius 2 is 1.83 bits per heavy atom. The average Bonchev–Trinajstić information content (AvgIpc) is 3.31. The van der Waals surface area contributed by atoms with E-state index in [-0.39, 0.29) is 11.7 Å². The summed E-state index contributed by atoms with van der Waals surface area (Å²) in [5.74, 6) is 0.955. The number of H-pyrrole nitrogens is 1. The summed E-state index contributed by atoms with van der Waals surface area (Å²) >= 11 is 0. The molecular formula is C27H27N5O3. The molecule has 1 saturated heterocycles. The number of aromatic nitrogens is 3. The zero-order chi connectivity index (χ0) is 24.2. The molecule has 2 aromatic carbocycles. The number of aromatic amines is 1. The molecule has 178 valence electrons. The van der Waals surface area contributed by atoms with Gasteiger partial charge in [0.1, 0.15) is 11.5 Å². The van der Waals surface area contributed by atoms with Crippen molar-refractivity contribution in [3.63, 3.8) is 0 Å². The average molecular weight is 470 g/mol. The number of amides is 1. The van der Waals surface area contributed by atoms with Gasteiger partial charge in [0, 0.05) is 31.7 Å². The van der Waals surface area contributed by atoms with Crippen LogP contribution in [0.3, 0.4) is 0 Å². The van der Waals surface area contributed by atoms with Crippen molar-refractivity contribution in [2.24, 2.45) is 0 Å². The number of carbonyl (C=O) groups excluding carboxylic acids is 1. The van der Waals surface area contributed by atoms with Crippen LogP contribution in [0, 0.1) is 0 Å². The van der Waals surface area contributed by atoms with Crippen LogP contribution >= 0.6 is 0 Å². The fraction of sp³-hybridized carbons (Fsp3) is 0.222. The lowest BCUT2D eigenvalue weighted by Crippen LogP contribution is -2.46. The summed E-state index contributed by atoms with van der Waals surface area (Å²) in [7, 11) is 0. The molecule has 0 unspecified atom stereocenters. The lowest BCUT2D eigenvalue weighted by molar-refractivity contribution is 0.0737.